The number of carbonyl (C=O) groups excluding carboxylic acids is 1. The van der Waals surface area contributed by atoms with Crippen LogP contribution in [0.5, 0.6) is 0 Å². The van der Waals surface area contributed by atoms with Gasteiger partial charge in [-0.05, 0) is 44.4 Å². The van der Waals surface area contributed by atoms with E-state index < -0.39 is 0 Å². The number of ketones is 1. The highest BCUT2D eigenvalue weighted by Gasteiger charge is 2.17. The molecule has 0 saturated carbocycles. The molecule has 0 aliphatic carbocycles. The molecular weight excluding hydrogens is 240 g/mol. The van der Waals surface area contributed by atoms with Crippen molar-refractivity contribution in [2.45, 2.75) is 32.5 Å². The fourth-order valence-corrected chi connectivity index (χ4v) is 2.52. The lowest BCUT2D eigenvalue weighted by molar-refractivity contribution is -0.116. The molecule has 1 aromatic carbocycles. The molecule has 0 amide bonds. The van der Waals surface area contributed by atoms with Gasteiger partial charge in [0.05, 0.1) is 4.83 Å². The lowest BCUT2D eigenvalue weighted by Gasteiger charge is -2.14. The molecule has 0 fully saturated rings. The molecule has 0 N–H and O–H groups in total. The average Bonchev–Trinajstić information content (AvgIpc) is 2.01. The molecule has 0 heterocycles. The van der Waals surface area contributed by atoms with E-state index in [-0.39, 0.29) is 10.6 Å². The summed E-state index contributed by atoms with van der Waals surface area (Å²) in [5.41, 5.74) is 4.72. The van der Waals surface area contributed by atoms with Crippen molar-refractivity contribution in [3.8, 4) is 0 Å². The fraction of sp³-hybridized carbons (Fsp3) is 0.417. The van der Waals surface area contributed by atoms with Crippen molar-refractivity contribution in [3.05, 3.63) is 34.4 Å². The van der Waals surface area contributed by atoms with E-state index in [4.69, 9.17) is 0 Å². The largest absolute Gasteiger partial charge is 0.298 e. The minimum absolute atomic E-state index is 0.153. The number of benzene rings is 1. The summed E-state index contributed by atoms with van der Waals surface area (Å²) in [4.78, 5) is 11.1. The van der Waals surface area contributed by atoms with Gasteiger partial charge in [-0.15, -0.1) is 0 Å². The zero-order valence-electron chi connectivity index (χ0n) is 9.02. The molecule has 0 aromatic heterocycles. The lowest BCUT2D eigenvalue weighted by Crippen LogP contribution is -2.05. The average molecular weight is 255 g/mol. The summed E-state index contributed by atoms with van der Waals surface area (Å²) in [5, 5.41) is 0. The summed E-state index contributed by atoms with van der Waals surface area (Å²) in [6.45, 7) is 7.78. The number of hydrogen-bond acceptors (Lipinski definition) is 1. The van der Waals surface area contributed by atoms with Crippen LogP contribution in [-0.2, 0) is 4.79 Å². The van der Waals surface area contributed by atoms with Gasteiger partial charge in [-0.1, -0.05) is 33.6 Å². The number of alkyl halides is 1. The number of Topliss-reactive ketones (excluding diaryl/α,β-unsaturated/α-hetero) is 1. The van der Waals surface area contributed by atoms with Gasteiger partial charge in [0.1, 0.15) is 5.78 Å². The van der Waals surface area contributed by atoms with Crippen LogP contribution in [0.15, 0.2) is 12.1 Å². The SMILES string of the molecule is CC(=O)C(Br)c1c(C)cc(C)cc1C. The van der Waals surface area contributed by atoms with Gasteiger partial charge in [-0.2, -0.15) is 0 Å². The van der Waals surface area contributed by atoms with Crippen LogP contribution < -0.4 is 0 Å². The van der Waals surface area contributed by atoms with Crippen LogP contribution in [0.4, 0.5) is 0 Å². The van der Waals surface area contributed by atoms with Crippen LogP contribution in [0, 0.1) is 20.8 Å². The first-order chi connectivity index (χ1) is 6.43. The van der Waals surface area contributed by atoms with E-state index in [0.29, 0.717) is 0 Å². The molecule has 1 nitrogen and oxygen atoms in total. The Bertz CT molecular complexity index is 346. The third-order valence-corrected chi connectivity index (χ3v) is 3.45. The maximum absolute atomic E-state index is 11.3. The Kier molecular flexibility index (Phi) is 3.48. The zero-order chi connectivity index (χ0) is 10.9. The van der Waals surface area contributed by atoms with Gasteiger partial charge in [0.25, 0.3) is 0 Å². The Balaban J connectivity index is 3.27. The molecule has 0 spiro atoms. The Morgan fingerprint density at radius 2 is 1.64 bits per heavy atom. The Morgan fingerprint density at radius 3 is 2.00 bits per heavy atom. The van der Waals surface area contributed by atoms with Crippen molar-refractivity contribution in [1.29, 1.82) is 0 Å². The monoisotopic (exact) mass is 254 g/mol. The molecule has 14 heavy (non-hydrogen) atoms. The van der Waals surface area contributed by atoms with Gasteiger partial charge >= 0.3 is 0 Å². The van der Waals surface area contributed by atoms with Crippen LogP contribution in [0.1, 0.15) is 34.0 Å². The van der Waals surface area contributed by atoms with Gasteiger partial charge in [0, 0.05) is 0 Å². The Hall–Kier alpha value is -0.630. The molecule has 0 aliphatic rings. The van der Waals surface area contributed by atoms with Gasteiger partial charge < -0.3 is 0 Å². The van der Waals surface area contributed by atoms with Crippen molar-refractivity contribution in [1.82, 2.24) is 0 Å². The minimum Gasteiger partial charge on any atom is -0.298 e. The second-order valence-electron chi connectivity index (χ2n) is 3.79. The quantitative estimate of drug-likeness (QED) is 0.737. The first-order valence-corrected chi connectivity index (χ1v) is 5.57. The molecule has 0 radical (unpaired) electrons. The highest BCUT2D eigenvalue weighted by molar-refractivity contribution is 9.09. The maximum atomic E-state index is 11.3. The molecule has 2 heteroatoms. The zero-order valence-corrected chi connectivity index (χ0v) is 10.6. The van der Waals surface area contributed by atoms with Crippen molar-refractivity contribution >= 4 is 21.7 Å². The summed E-state index contributed by atoms with van der Waals surface area (Å²) in [6, 6.07) is 4.22. The van der Waals surface area contributed by atoms with Gasteiger partial charge in [-0.3, -0.25) is 4.79 Å². The Labute approximate surface area is 93.7 Å². The third kappa shape index (κ3) is 2.24. The van der Waals surface area contributed by atoms with Crippen molar-refractivity contribution in [2.75, 3.05) is 0 Å². The topological polar surface area (TPSA) is 17.1 Å². The standard InChI is InChI=1S/C12H15BrO/c1-7-5-8(2)11(9(3)6-7)12(13)10(4)14/h5-6,12H,1-4H3. The number of halogens is 1. The third-order valence-electron chi connectivity index (χ3n) is 2.35. The van der Waals surface area contributed by atoms with E-state index in [2.05, 4.69) is 35.0 Å². The molecule has 0 saturated heterocycles. The second kappa shape index (κ2) is 4.26. The molecule has 1 unspecified atom stereocenters. The van der Waals surface area contributed by atoms with Gasteiger partial charge in [-0.25, -0.2) is 0 Å². The molecule has 1 rings (SSSR count). The van der Waals surface area contributed by atoms with E-state index in [9.17, 15) is 4.79 Å². The number of rotatable bonds is 2. The fourth-order valence-electron chi connectivity index (χ4n) is 1.79. The summed E-state index contributed by atoms with van der Waals surface area (Å²) in [6.07, 6.45) is 0. The number of carbonyl (C=O) groups is 1. The van der Waals surface area contributed by atoms with Crippen molar-refractivity contribution in [3.63, 3.8) is 0 Å². The van der Waals surface area contributed by atoms with E-state index in [1.54, 1.807) is 6.92 Å². The van der Waals surface area contributed by atoms with Crippen LogP contribution in [0.3, 0.4) is 0 Å². The Morgan fingerprint density at radius 1 is 1.21 bits per heavy atom. The maximum Gasteiger partial charge on any atom is 0.147 e. The van der Waals surface area contributed by atoms with E-state index in [0.717, 1.165) is 5.56 Å². The number of aryl methyl sites for hydroxylation is 3. The van der Waals surface area contributed by atoms with Crippen LogP contribution in [0.2, 0.25) is 0 Å². The summed E-state index contributed by atoms with van der Waals surface area (Å²) in [5.74, 6) is 0.153. The van der Waals surface area contributed by atoms with Gasteiger partial charge in [0.2, 0.25) is 0 Å². The lowest BCUT2D eigenvalue weighted by atomic mass is 9.96. The smallest absolute Gasteiger partial charge is 0.147 e. The summed E-state index contributed by atoms with van der Waals surface area (Å²) in [7, 11) is 0. The summed E-state index contributed by atoms with van der Waals surface area (Å²) < 4.78 is 0. The molecule has 1 aromatic rings. The highest BCUT2D eigenvalue weighted by Crippen LogP contribution is 2.30. The van der Waals surface area contributed by atoms with Crippen molar-refractivity contribution < 1.29 is 4.79 Å². The molecule has 0 bridgehead atoms. The highest BCUT2D eigenvalue weighted by atomic mass is 79.9. The van der Waals surface area contributed by atoms with E-state index >= 15 is 0 Å². The van der Waals surface area contributed by atoms with Crippen LogP contribution in [-0.4, -0.2) is 5.78 Å². The molecule has 76 valence electrons. The van der Waals surface area contributed by atoms with Crippen LogP contribution >= 0.6 is 15.9 Å². The van der Waals surface area contributed by atoms with Crippen molar-refractivity contribution in [2.24, 2.45) is 0 Å². The first-order valence-electron chi connectivity index (χ1n) is 4.65. The van der Waals surface area contributed by atoms with Gasteiger partial charge in [0.15, 0.2) is 0 Å². The minimum atomic E-state index is -0.164. The summed E-state index contributed by atoms with van der Waals surface area (Å²) >= 11 is 3.43. The number of hydrogen-bond donors (Lipinski definition) is 0. The van der Waals surface area contributed by atoms with E-state index in [1.165, 1.54) is 16.7 Å². The second-order valence-corrected chi connectivity index (χ2v) is 4.70. The normalized spacial score (nSPS) is 12.6. The first kappa shape index (κ1) is 11.4. The van der Waals surface area contributed by atoms with Crippen LogP contribution in [0.25, 0.3) is 0 Å². The van der Waals surface area contributed by atoms with E-state index in [1.807, 2.05) is 13.8 Å². The molecule has 0 aliphatic heterocycles. The molecular formula is C12H15BrO. The predicted molar refractivity (Wildman–Crippen MR) is 63.0 cm³/mol. The molecule has 1 atom stereocenters. The predicted octanol–water partition coefficient (Wildman–Crippen LogP) is 3.64.